The molecular weight excluding hydrogens is 392 g/mol. The first-order valence-corrected chi connectivity index (χ1v) is 10.1. The van der Waals surface area contributed by atoms with Crippen LogP contribution in [0.5, 0.6) is 0 Å². The van der Waals surface area contributed by atoms with Crippen molar-refractivity contribution in [2.24, 2.45) is 0 Å². The number of carbonyl (C=O) groups excluding carboxylic acids is 2. The molecule has 1 aromatic heterocycles. The van der Waals surface area contributed by atoms with Crippen molar-refractivity contribution in [3.63, 3.8) is 0 Å². The molecule has 0 aliphatic rings. The molecule has 0 atom stereocenters. The summed E-state index contributed by atoms with van der Waals surface area (Å²) in [6.07, 6.45) is 0. The zero-order valence-electron chi connectivity index (χ0n) is 15.7. The second-order valence-corrected chi connectivity index (χ2v) is 8.41. The zero-order chi connectivity index (χ0) is 20.1. The summed E-state index contributed by atoms with van der Waals surface area (Å²) in [4.78, 5) is 25.5. The SMILES string of the molecule is CC(C)(CNC(=O)c1ccc(Cl)c(NC(=O)c2cccs2)c1)c1ccccc1. The number of nitrogens with one attached hydrogen (secondary N) is 2. The lowest BCUT2D eigenvalue weighted by molar-refractivity contribution is 0.0944. The van der Waals surface area contributed by atoms with Crippen LogP contribution in [0.3, 0.4) is 0 Å². The molecule has 4 nitrogen and oxygen atoms in total. The molecular formula is C22H21ClN2O2S. The summed E-state index contributed by atoms with van der Waals surface area (Å²) in [5.41, 5.74) is 1.79. The molecule has 0 saturated heterocycles. The maximum Gasteiger partial charge on any atom is 0.265 e. The molecule has 0 aliphatic carbocycles. The second kappa shape index (κ2) is 8.59. The van der Waals surface area contributed by atoms with Gasteiger partial charge in [0.1, 0.15) is 0 Å². The molecule has 2 aromatic carbocycles. The standard InChI is InChI=1S/C22H21ClN2O2S/c1-22(2,16-7-4-3-5-8-16)14-24-20(26)15-10-11-17(23)18(13-15)25-21(27)19-9-6-12-28-19/h3-13H,14H2,1-2H3,(H,24,26)(H,25,27). The van der Waals surface area contributed by atoms with Gasteiger partial charge in [0, 0.05) is 17.5 Å². The van der Waals surface area contributed by atoms with Crippen molar-refractivity contribution in [2.75, 3.05) is 11.9 Å². The van der Waals surface area contributed by atoms with E-state index >= 15 is 0 Å². The third-order valence-corrected chi connectivity index (χ3v) is 5.67. The third-order valence-electron chi connectivity index (χ3n) is 4.47. The van der Waals surface area contributed by atoms with Gasteiger partial charge in [-0.15, -0.1) is 11.3 Å². The van der Waals surface area contributed by atoms with Crippen LogP contribution in [0.1, 0.15) is 39.4 Å². The fourth-order valence-electron chi connectivity index (χ4n) is 2.75. The Morgan fingerprint density at radius 2 is 1.75 bits per heavy atom. The van der Waals surface area contributed by atoms with E-state index in [0.29, 0.717) is 27.7 Å². The molecule has 3 rings (SSSR count). The van der Waals surface area contributed by atoms with Crippen LogP contribution in [0.15, 0.2) is 66.0 Å². The summed E-state index contributed by atoms with van der Waals surface area (Å²) < 4.78 is 0. The van der Waals surface area contributed by atoms with E-state index < -0.39 is 0 Å². The Kier molecular flexibility index (Phi) is 6.17. The first-order chi connectivity index (χ1) is 13.4. The van der Waals surface area contributed by atoms with E-state index in [1.807, 2.05) is 35.7 Å². The molecule has 1 heterocycles. The van der Waals surface area contributed by atoms with Crippen molar-refractivity contribution in [1.82, 2.24) is 5.32 Å². The van der Waals surface area contributed by atoms with E-state index in [2.05, 4.69) is 24.5 Å². The van der Waals surface area contributed by atoms with Crippen molar-refractivity contribution < 1.29 is 9.59 Å². The molecule has 6 heteroatoms. The molecule has 0 unspecified atom stereocenters. The molecule has 0 spiro atoms. The van der Waals surface area contributed by atoms with Crippen LogP contribution in [0.2, 0.25) is 5.02 Å². The van der Waals surface area contributed by atoms with E-state index in [1.165, 1.54) is 11.3 Å². The molecule has 0 aliphatic heterocycles. The Bertz CT molecular complexity index is 969. The zero-order valence-corrected chi connectivity index (χ0v) is 17.2. The predicted octanol–water partition coefficient (Wildman–Crippen LogP) is 5.36. The molecule has 0 saturated carbocycles. The minimum atomic E-state index is -0.250. The Hall–Kier alpha value is -2.63. The first-order valence-electron chi connectivity index (χ1n) is 8.85. The summed E-state index contributed by atoms with van der Waals surface area (Å²) in [5.74, 6) is -0.466. The molecule has 3 aromatic rings. The van der Waals surface area contributed by atoms with E-state index in [9.17, 15) is 9.59 Å². The monoisotopic (exact) mass is 412 g/mol. The Labute approximate surface area is 173 Å². The molecule has 144 valence electrons. The van der Waals surface area contributed by atoms with Crippen LogP contribution in [-0.4, -0.2) is 18.4 Å². The number of rotatable bonds is 6. The van der Waals surface area contributed by atoms with Crippen LogP contribution in [0.4, 0.5) is 5.69 Å². The van der Waals surface area contributed by atoms with Gasteiger partial charge in [0.05, 0.1) is 15.6 Å². The molecule has 28 heavy (non-hydrogen) atoms. The van der Waals surface area contributed by atoms with Gasteiger partial charge in [0.15, 0.2) is 0 Å². The molecule has 2 amide bonds. The van der Waals surface area contributed by atoms with E-state index in [4.69, 9.17) is 11.6 Å². The van der Waals surface area contributed by atoms with Crippen molar-refractivity contribution in [3.05, 3.63) is 87.1 Å². The highest BCUT2D eigenvalue weighted by atomic mass is 35.5. The van der Waals surface area contributed by atoms with Crippen molar-refractivity contribution in [3.8, 4) is 0 Å². The second-order valence-electron chi connectivity index (χ2n) is 7.06. The Morgan fingerprint density at radius 3 is 2.43 bits per heavy atom. The topological polar surface area (TPSA) is 58.2 Å². The number of benzene rings is 2. The predicted molar refractivity (Wildman–Crippen MR) is 116 cm³/mol. The van der Waals surface area contributed by atoms with E-state index in [1.54, 1.807) is 30.3 Å². The van der Waals surface area contributed by atoms with E-state index in [-0.39, 0.29) is 17.2 Å². The number of anilines is 1. The lowest BCUT2D eigenvalue weighted by atomic mass is 9.84. The van der Waals surface area contributed by atoms with Gasteiger partial charge in [-0.3, -0.25) is 9.59 Å². The van der Waals surface area contributed by atoms with Crippen LogP contribution in [0.25, 0.3) is 0 Å². The summed E-state index contributed by atoms with van der Waals surface area (Å²) >= 11 is 7.53. The third kappa shape index (κ3) is 4.80. The smallest absolute Gasteiger partial charge is 0.265 e. The average Bonchev–Trinajstić information content (AvgIpc) is 3.23. The van der Waals surface area contributed by atoms with Gasteiger partial charge < -0.3 is 10.6 Å². The fourth-order valence-corrected chi connectivity index (χ4v) is 3.53. The minimum Gasteiger partial charge on any atom is -0.351 e. The highest BCUT2D eigenvalue weighted by Crippen LogP contribution is 2.25. The van der Waals surface area contributed by atoms with Gasteiger partial charge in [-0.05, 0) is 35.2 Å². The summed E-state index contributed by atoms with van der Waals surface area (Å²) in [6, 6.07) is 18.4. The molecule has 2 N–H and O–H groups in total. The normalized spacial score (nSPS) is 11.1. The lowest BCUT2D eigenvalue weighted by Crippen LogP contribution is -2.36. The van der Waals surface area contributed by atoms with Crippen LogP contribution in [0, 0.1) is 0 Å². The van der Waals surface area contributed by atoms with Crippen molar-refractivity contribution >= 4 is 40.4 Å². The first kappa shape index (κ1) is 20.1. The number of amides is 2. The highest BCUT2D eigenvalue weighted by molar-refractivity contribution is 7.12. The van der Waals surface area contributed by atoms with Gasteiger partial charge in [0.25, 0.3) is 11.8 Å². The van der Waals surface area contributed by atoms with Gasteiger partial charge in [-0.2, -0.15) is 0 Å². The number of carbonyl (C=O) groups is 2. The Balaban J connectivity index is 1.69. The van der Waals surface area contributed by atoms with Gasteiger partial charge in [0.2, 0.25) is 0 Å². The number of hydrogen-bond donors (Lipinski definition) is 2. The lowest BCUT2D eigenvalue weighted by Gasteiger charge is -2.25. The average molecular weight is 413 g/mol. The molecule has 0 fully saturated rings. The fraction of sp³-hybridized carbons (Fsp3) is 0.182. The van der Waals surface area contributed by atoms with Gasteiger partial charge in [-0.25, -0.2) is 0 Å². The van der Waals surface area contributed by atoms with Gasteiger partial charge >= 0.3 is 0 Å². The van der Waals surface area contributed by atoms with Crippen molar-refractivity contribution in [1.29, 1.82) is 0 Å². The van der Waals surface area contributed by atoms with Crippen LogP contribution < -0.4 is 10.6 Å². The molecule has 0 bridgehead atoms. The van der Waals surface area contributed by atoms with E-state index in [0.717, 1.165) is 5.56 Å². The maximum atomic E-state index is 12.6. The van der Waals surface area contributed by atoms with Crippen molar-refractivity contribution in [2.45, 2.75) is 19.3 Å². The van der Waals surface area contributed by atoms with Crippen LogP contribution >= 0.6 is 22.9 Å². The highest BCUT2D eigenvalue weighted by Gasteiger charge is 2.22. The Morgan fingerprint density at radius 1 is 1.00 bits per heavy atom. The number of thiophene rings is 1. The maximum absolute atomic E-state index is 12.6. The quantitative estimate of drug-likeness (QED) is 0.572. The summed E-state index contributed by atoms with van der Waals surface area (Å²) in [6.45, 7) is 4.64. The van der Waals surface area contributed by atoms with Crippen LogP contribution in [-0.2, 0) is 5.41 Å². The minimum absolute atomic E-state index is 0.209. The largest absolute Gasteiger partial charge is 0.351 e. The summed E-state index contributed by atoms with van der Waals surface area (Å²) in [7, 11) is 0. The van der Waals surface area contributed by atoms with Gasteiger partial charge in [-0.1, -0.05) is 61.8 Å². The number of halogens is 1. The molecule has 0 radical (unpaired) electrons. The summed E-state index contributed by atoms with van der Waals surface area (Å²) in [5, 5.41) is 7.95. The number of hydrogen-bond acceptors (Lipinski definition) is 3.